The fourth-order valence-corrected chi connectivity index (χ4v) is 9.25. The van der Waals surface area contributed by atoms with Crippen molar-refractivity contribution in [3.63, 3.8) is 0 Å². The molecule has 5 rings (SSSR count). The molecule has 0 heterocycles. The highest BCUT2D eigenvalue weighted by Crippen LogP contribution is 2.43. The molecule has 2 aliphatic rings. The lowest BCUT2D eigenvalue weighted by molar-refractivity contribution is -0.141. The maximum absolute atomic E-state index is 15.0. The van der Waals surface area contributed by atoms with Gasteiger partial charge >= 0.3 is 17.9 Å². The fourth-order valence-electron chi connectivity index (χ4n) is 9.00. The molecule has 3 aromatic carbocycles. The van der Waals surface area contributed by atoms with Gasteiger partial charge in [-0.1, -0.05) is 111 Å². The molecule has 20 nitrogen and oxygen atoms in total. The Morgan fingerprint density at radius 2 is 1.00 bits per heavy atom. The van der Waals surface area contributed by atoms with Crippen LogP contribution in [0.25, 0.3) is 0 Å². The van der Waals surface area contributed by atoms with Gasteiger partial charge in [-0.05, 0) is 66.7 Å². The average molecular weight is 1030 g/mol. The van der Waals surface area contributed by atoms with Crippen molar-refractivity contribution in [2.45, 2.75) is 138 Å². The Balaban J connectivity index is 1.47. The van der Waals surface area contributed by atoms with Crippen LogP contribution >= 0.6 is 12.6 Å². The van der Waals surface area contributed by atoms with E-state index in [1.54, 1.807) is 72.8 Å². The van der Waals surface area contributed by atoms with Gasteiger partial charge in [0.2, 0.25) is 41.4 Å². The number of carbonyl (C=O) groups is 10. The number of hydrogen-bond donors (Lipinski definition) is 11. The summed E-state index contributed by atoms with van der Waals surface area (Å²) in [6, 6.07) is 15.1. The number of nitrogens with one attached hydrogen (secondary N) is 7. The zero-order valence-corrected chi connectivity index (χ0v) is 41.4. The molecular weight excluding hydrogens is 963 g/mol. The van der Waals surface area contributed by atoms with Crippen molar-refractivity contribution in [2.24, 2.45) is 5.92 Å². The summed E-state index contributed by atoms with van der Waals surface area (Å²) in [5.41, 5.74) is 2.54. The molecule has 0 aromatic heterocycles. The maximum atomic E-state index is 15.0. The average Bonchev–Trinajstić information content (AvgIpc) is 4.21. The van der Waals surface area contributed by atoms with Crippen LogP contribution in [-0.2, 0) is 47.9 Å². The van der Waals surface area contributed by atoms with Gasteiger partial charge in [0.05, 0.1) is 6.42 Å². The monoisotopic (exact) mass is 1030 g/mol. The first-order valence-corrected chi connectivity index (χ1v) is 25.1. The molecule has 2 saturated carbocycles. The Labute approximate surface area is 428 Å². The number of anilines is 1. The number of benzene rings is 3. The van der Waals surface area contributed by atoms with Crippen LogP contribution in [0.5, 0.6) is 0 Å². The normalized spacial score (nSPS) is 15.9. The van der Waals surface area contributed by atoms with Crippen LogP contribution in [0.2, 0.25) is 0 Å². The summed E-state index contributed by atoms with van der Waals surface area (Å²) in [7, 11) is 0. The first kappa shape index (κ1) is 56.6. The highest BCUT2D eigenvalue weighted by atomic mass is 32.1. The second kappa shape index (κ2) is 28.1. The highest BCUT2D eigenvalue weighted by molar-refractivity contribution is 7.80. The van der Waals surface area contributed by atoms with Crippen molar-refractivity contribution in [2.75, 3.05) is 11.1 Å². The van der Waals surface area contributed by atoms with E-state index in [-0.39, 0.29) is 18.1 Å². The van der Waals surface area contributed by atoms with E-state index in [9.17, 15) is 58.5 Å². The minimum atomic E-state index is -1.72. The molecule has 3 aromatic rings. The van der Waals surface area contributed by atoms with Crippen molar-refractivity contribution in [1.29, 1.82) is 0 Å². The second-order valence-electron chi connectivity index (χ2n) is 18.5. The summed E-state index contributed by atoms with van der Waals surface area (Å²) >= 11 is 4.38. The smallest absolute Gasteiger partial charge is 0.305 e. The summed E-state index contributed by atoms with van der Waals surface area (Å²) in [5, 5.41) is 47.1. The predicted octanol–water partition coefficient (Wildman–Crippen LogP) is 3.37. The van der Waals surface area contributed by atoms with Gasteiger partial charge < -0.3 is 52.5 Å². The molecule has 0 bridgehead atoms. The molecule has 2 aliphatic carbocycles. The summed E-state index contributed by atoms with van der Waals surface area (Å²) in [5.74, 6) is -11.2. The van der Waals surface area contributed by atoms with Gasteiger partial charge in [-0.15, -0.1) is 0 Å². The molecule has 0 saturated heterocycles. The lowest BCUT2D eigenvalue weighted by atomic mass is 9.84. The third-order valence-corrected chi connectivity index (χ3v) is 13.2. The van der Waals surface area contributed by atoms with E-state index in [1.807, 2.05) is 12.1 Å². The molecule has 0 unspecified atom stereocenters. The SMILES string of the molecule is CC(=O)N[C@@H](CC(=O)O)C(=O)N[C@@H](CCC(=O)O)C(=O)N[C@H](C(=O)N[C@@H](CCC(=O)O)C(=O)N[C@@H](CC1CCCCC1)C(=O)N[C@@H](CS)C(=O)Nc1ccccc1C1CC1)C(c1ccccc1)c1ccccc1. The van der Waals surface area contributed by atoms with E-state index >= 15 is 4.79 Å². The largest absolute Gasteiger partial charge is 0.481 e. The van der Waals surface area contributed by atoms with Gasteiger partial charge in [0, 0.05) is 37.1 Å². The Morgan fingerprint density at radius 3 is 1.52 bits per heavy atom. The Bertz CT molecular complexity index is 2380. The van der Waals surface area contributed by atoms with Crippen molar-refractivity contribution in [3.8, 4) is 0 Å². The van der Waals surface area contributed by atoms with Gasteiger partial charge in [0.25, 0.3) is 0 Å². The quantitative estimate of drug-likeness (QED) is 0.0466. The van der Waals surface area contributed by atoms with E-state index < -0.39 is 134 Å². The van der Waals surface area contributed by atoms with Crippen LogP contribution in [0.3, 0.4) is 0 Å². The third-order valence-electron chi connectivity index (χ3n) is 12.8. The van der Waals surface area contributed by atoms with Crippen LogP contribution in [0.4, 0.5) is 5.69 Å². The summed E-state index contributed by atoms with van der Waals surface area (Å²) in [6.07, 6.45) is 3.18. The molecule has 0 spiro atoms. The number of carbonyl (C=O) groups excluding carboxylic acids is 7. The minimum absolute atomic E-state index is 0.00475. The standard InChI is InChI=1S/C52H65N7O13S/c1-30(60)53-40(28-44(65)66)50(70)55-38(24-26-43(63)64)48(68)59-46(45(33-15-7-3-8-16-33)34-17-9-4-10-18-34)52(72)56-37(23-25-42(61)62)47(67)57-39(27-31-13-5-2-6-14-31)49(69)58-41(29-73)51(71)54-36-20-12-11-19-35(36)32-21-22-32/h3-4,7-12,15-20,31-32,37-41,45-46,73H,2,5-6,13-14,21-29H2,1H3,(H,53,60)(H,54,71)(H,55,70)(H,56,72)(H,57,67)(H,58,69)(H,59,68)(H,61,62)(H,63,64)(H,65,66)/t37-,38-,39-,40-,41-,46-/m0/s1. The number of thiol groups is 1. The molecule has 21 heteroatoms. The molecule has 7 amide bonds. The lowest BCUT2D eigenvalue weighted by Crippen LogP contribution is -2.61. The summed E-state index contributed by atoms with van der Waals surface area (Å²) in [4.78, 5) is 133. The summed E-state index contributed by atoms with van der Waals surface area (Å²) < 4.78 is 0. The van der Waals surface area contributed by atoms with Gasteiger partial charge in [-0.25, -0.2) is 0 Å². The number of rotatable bonds is 28. The van der Waals surface area contributed by atoms with Gasteiger partial charge in [-0.2, -0.15) is 12.6 Å². The lowest BCUT2D eigenvalue weighted by Gasteiger charge is -2.32. The van der Waals surface area contributed by atoms with E-state index in [0.29, 0.717) is 22.7 Å². The third kappa shape index (κ3) is 18.1. The van der Waals surface area contributed by atoms with E-state index in [1.165, 1.54) is 0 Å². The second-order valence-corrected chi connectivity index (χ2v) is 18.9. The molecule has 10 N–H and O–H groups in total. The number of para-hydroxylation sites is 1. The van der Waals surface area contributed by atoms with Gasteiger partial charge in [-0.3, -0.25) is 47.9 Å². The van der Waals surface area contributed by atoms with E-state index in [2.05, 4.69) is 49.8 Å². The van der Waals surface area contributed by atoms with Crippen LogP contribution in [0, 0.1) is 5.92 Å². The number of aliphatic carboxylic acids is 3. The first-order valence-electron chi connectivity index (χ1n) is 24.5. The predicted molar refractivity (Wildman–Crippen MR) is 270 cm³/mol. The topological polar surface area (TPSA) is 316 Å². The van der Waals surface area contributed by atoms with Crippen molar-refractivity contribution in [3.05, 3.63) is 102 Å². The first-order chi connectivity index (χ1) is 34.9. The molecule has 0 radical (unpaired) electrons. The number of carboxylic acids is 3. The van der Waals surface area contributed by atoms with E-state index in [0.717, 1.165) is 57.4 Å². The van der Waals surface area contributed by atoms with Gasteiger partial charge in [0.1, 0.15) is 36.3 Å². The Hall–Kier alpha value is -7.29. The Morgan fingerprint density at radius 1 is 0.521 bits per heavy atom. The van der Waals surface area contributed by atoms with Crippen molar-refractivity contribution < 1.29 is 63.3 Å². The number of carboxylic acid groups (broad SMARTS) is 3. The zero-order chi connectivity index (χ0) is 53.0. The molecule has 0 aliphatic heterocycles. The Kier molecular flexibility index (Phi) is 21.8. The van der Waals surface area contributed by atoms with Crippen molar-refractivity contribution >= 4 is 77.6 Å². The van der Waals surface area contributed by atoms with Crippen LogP contribution in [0.1, 0.15) is 119 Å². The highest BCUT2D eigenvalue weighted by Gasteiger charge is 2.39. The maximum Gasteiger partial charge on any atom is 0.305 e. The number of amides is 7. The van der Waals surface area contributed by atoms with Gasteiger partial charge in [0.15, 0.2) is 0 Å². The molecule has 2 fully saturated rings. The molecule has 6 atom stereocenters. The van der Waals surface area contributed by atoms with Crippen molar-refractivity contribution in [1.82, 2.24) is 31.9 Å². The number of hydrogen-bond acceptors (Lipinski definition) is 11. The van der Waals surface area contributed by atoms with E-state index in [4.69, 9.17) is 0 Å². The van der Waals surface area contributed by atoms with Crippen LogP contribution < -0.4 is 37.2 Å². The van der Waals surface area contributed by atoms with Crippen LogP contribution in [0.15, 0.2) is 84.9 Å². The minimum Gasteiger partial charge on any atom is -0.481 e. The zero-order valence-electron chi connectivity index (χ0n) is 40.5. The fraction of sp³-hybridized carbons (Fsp3) is 0.462. The van der Waals surface area contributed by atoms with Crippen LogP contribution in [-0.4, -0.2) is 117 Å². The molecule has 392 valence electrons. The summed E-state index contributed by atoms with van der Waals surface area (Å²) in [6.45, 7) is 1.04. The molecule has 73 heavy (non-hydrogen) atoms. The molecular formula is C52H65N7O13S.